The third-order valence-corrected chi connectivity index (χ3v) is 2.38. The molecule has 0 saturated carbocycles. The normalized spacial score (nSPS) is 10.2. The van der Waals surface area contributed by atoms with E-state index in [4.69, 9.17) is 16.0 Å². The highest BCUT2D eigenvalue weighted by atomic mass is 35.5. The van der Waals surface area contributed by atoms with Gasteiger partial charge in [-0.05, 0) is 12.1 Å². The highest BCUT2D eigenvalue weighted by Crippen LogP contribution is 2.21. The zero-order chi connectivity index (χ0) is 12.3. The summed E-state index contributed by atoms with van der Waals surface area (Å²) in [5.74, 6) is 0.177. The van der Waals surface area contributed by atoms with Crippen LogP contribution in [0.15, 0.2) is 35.0 Å². The molecule has 2 aromatic rings. The smallest absolute Gasteiger partial charge is 0.404 e. The Morgan fingerprint density at radius 3 is 2.94 bits per heavy atom. The van der Waals surface area contributed by atoms with Crippen molar-refractivity contribution in [2.24, 2.45) is 0 Å². The molecule has 6 nitrogen and oxygen atoms in total. The van der Waals surface area contributed by atoms with Crippen molar-refractivity contribution in [3.8, 4) is 0 Å². The number of halogens is 1. The number of nitrogens with zero attached hydrogens (tertiary/aromatic N) is 2. The molecule has 0 fully saturated rings. The highest BCUT2D eigenvalue weighted by molar-refractivity contribution is 6.33. The monoisotopic (exact) mass is 253 g/mol. The minimum atomic E-state index is -0.583. The van der Waals surface area contributed by atoms with Crippen molar-refractivity contribution in [2.45, 2.75) is 6.54 Å². The quantitative estimate of drug-likeness (QED) is 0.669. The number of hydrogen-bond donors (Lipinski definition) is 1. The predicted molar refractivity (Wildman–Crippen MR) is 61.9 cm³/mol. The molecule has 1 N–H and O–H groups in total. The van der Waals surface area contributed by atoms with Crippen molar-refractivity contribution < 1.29 is 9.34 Å². The van der Waals surface area contributed by atoms with Crippen molar-refractivity contribution in [1.29, 1.82) is 0 Å². The Morgan fingerprint density at radius 1 is 1.47 bits per heavy atom. The molecule has 0 spiro atoms. The number of aromatic nitrogens is 1. The standard InChI is InChI=1S/C10H8ClN3O3/c11-8-3-4-12-6-9(8)13-5-7-1-2-10(17-7)14(15)16/h1-4,6,13H,5H2. The number of hydrogen-bond acceptors (Lipinski definition) is 5. The third kappa shape index (κ3) is 2.73. The lowest BCUT2D eigenvalue weighted by Gasteiger charge is -2.04. The number of nitrogens with one attached hydrogen (secondary N) is 1. The van der Waals surface area contributed by atoms with E-state index in [2.05, 4.69) is 10.3 Å². The van der Waals surface area contributed by atoms with Gasteiger partial charge in [0.05, 0.1) is 29.5 Å². The molecular formula is C10H8ClN3O3. The number of nitro groups is 1. The zero-order valence-electron chi connectivity index (χ0n) is 8.59. The lowest BCUT2D eigenvalue weighted by molar-refractivity contribution is -0.402. The first-order chi connectivity index (χ1) is 8.16. The van der Waals surface area contributed by atoms with Crippen LogP contribution in [-0.4, -0.2) is 9.91 Å². The van der Waals surface area contributed by atoms with Gasteiger partial charge in [0.2, 0.25) is 0 Å². The summed E-state index contributed by atoms with van der Waals surface area (Å²) in [6.45, 7) is 0.305. The second kappa shape index (κ2) is 4.84. The van der Waals surface area contributed by atoms with Gasteiger partial charge < -0.3 is 9.73 Å². The van der Waals surface area contributed by atoms with Crippen LogP contribution in [-0.2, 0) is 6.54 Å². The first-order valence-electron chi connectivity index (χ1n) is 4.73. The van der Waals surface area contributed by atoms with Crippen LogP contribution in [0.2, 0.25) is 5.02 Å². The molecule has 0 aromatic carbocycles. The van der Waals surface area contributed by atoms with Crippen LogP contribution in [0.1, 0.15) is 5.76 Å². The maximum absolute atomic E-state index is 10.4. The fraction of sp³-hybridized carbons (Fsp3) is 0.100. The molecule has 17 heavy (non-hydrogen) atoms. The molecule has 0 unspecified atom stereocenters. The number of furan rings is 1. The molecule has 7 heteroatoms. The Labute approximate surface area is 101 Å². The van der Waals surface area contributed by atoms with Crippen LogP contribution in [0, 0.1) is 10.1 Å². The minimum absolute atomic E-state index is 0.279. The molecule has 0 aliphatic rings. The van der Waals surface area contributed by atoms with Crippen LogP contribution >= 0.6 is 11.6 Å². The van der Waals surface area contributed by atoms with Crippen molar-refractivity contribution in [2.75, 3.05) is 5.32 Å². The Hall–Kier alpha value is -2.08. The van der Waals surface area contributed by atoms with Gasteiger partial charge in [0.15, 0.2) is 0 Å². The summed E-state index contributed by atoms with van der Waals surface area (Å²) in [5, 5.41) is 13.9. The van der Waals surface area contributed by atoms with Gasteiger partial charge >= 0.3 is 5.88 Å². The second-order valence-electron chi connectivity index (χ2n) is 3.21. The molecule has 0 aliphatic heterocycles. The topological polar surface area (TPSA) is 81.2 Å². The van der Waals surface area contributed by atoms with E-state index in [9.17, 15) is 10.1 Å². The summed E-state index contributed by atoms with van der Waals surface area (Å²) in [6.07, 6.45) is 3.14. The van der Waals surface area contributed by atoms with Gasteiger partial charge in [0.1, 0.15) is 10.7 Å². The van der Waals surface area contributed by atoms with Crippen molar-refractivity contribution in [3.05, 3.63) is 51.5 Å². The Bertz CT molecular complexity index is 541. The summed E-state index contributed by atoms with van der Waals surface area (Å²) >= 11 is 5.90. The lowest BCUT2D eigenvalue weighted by Crippen LogP contribution is -1.99. The fourth-order valence-corrected chi connectivity index (χ4v) is 1.42. The zero-order valence-corrected chi connectivity index (χ0v) is 9.35. The molecule has 2 aromatic heterocycles. The summed E-state index contributed by atoms with van der Waals surface area (Å²) in [6, 6.07) is 4.49. The number of anilines is 1. The van der Waals surface area contributed by atoms with Crippen LogP contribution in [0.25, 0.3) is 0 Å². The Kier molecular flexibility index (Phi) is 3.24. The summed E-state index contributed by atoms with van der Waals surface area (Å²) < 4.78 is 4.98. The van der Waals surface area contributed by atoms with Crippen molar-refractivity contribution in [3.63, 3.8) is 0 Å². The maximum atomic E-state index is 10.4. The van der Waals surface area contributed by atoms with E-state index in [0.29, 0.717) is 23.0 Å². The van der Waals surface area contributed by atoms with Gasteiger partial charge in [-0.25, -0.2) is 0 Å². The van der Waals surface area contributed by atoms with E-state index in [1.54, 1.807) is 18.5 Å². The van der Waals surface area contributed by atoms with E-state index in [0.717, 1.165) is 0 Å². The van der Waals surface area contributed by atoms with E-state index in [1.807, 2.05) is 0 Å². The Balaban J connectivity index is 2.02. The van der Waals surface area contributed by atoms with Crippen molar-refractivity contribution >= 4 is 23.2 Å². The average Bonchev–Trinajstić information content (AvgIpc) is 2.77. The highest BCUT2D eigenvalue weighted by Gasteiger charge is 2.11. The first kappa shape index (κ1) is 11.4. The average molecular weight is 254 g/mol. The fourth-order valence-electron chi connectivity index (χ4n) is 1.25. The van der Waals surface area contributed by atoms with Crippen molar-refractivity contribution in [1.82, 2.24) is 4.98 Å². The second-order valence-corrected chi connectivity index (χ2v) is 3.61. The first-order valence-corrected chi connectivity index (χ1v) is 5.11. The van der Waals surface area contributed by atoms with Crippen LogP contribution in [0.5, 0.6) is 0 Å². The molecule has 0 atom stereocenters. The largest absolute Gasteiger partial charge is 0.433 e. The van der Waals surface area contributed by atoms with E-state index >= 15 is 0 Å². The van der Waals surface area contributed by atoms with Gasteiger partial charge in [-0.15, -0.1) is 0 Å². The van der Waals surface area contributed by atoms with Gasteiger partial charge in [0, 0.05) is 6.20 Å². The van der Waals surface area contributed by atoms with Gasteiger partial charge in [-0.2, -0.15) is 0 Å². The van der Waals surface area contributed by atoms with Crippen LogP contribution in [0.4, 0.5) is 11.6 Å². The number of pyridine rings is 1. The molecular weight excluding hydrogens is 246 g/mol. The molecule has 0 amide bonds. The molecule has 0 aliphatic carbocycles. The Morgan fingerprint density at radius 2 is 2.29 bits per heavy atom. The molecule has 0 radical (unpaired) electrons. The SMILES string of the molecule is O=[N+]([O-])c1ccc(CNc2cnccc2Cl)o1. The van der Waals surface area contributed by atoms with Gasteiger partial charge in [-0.1, -0.05) is 11.6 Å². The number of rotatable bonds is 4. The van der Waals surface area contributed by atoms with Gasteiger partial charge in [-0.3, -0.25) is 15.1 Å². The van der Waals surface area contributed by atoms with Crippen LogP contribution < -0.4 is 5.32 Å². The summed E-state index contributed by atoms with van der Waals surface area (Å²) in [7, 11) is 0. The molecule has 2 rings (SSSR count). The summed E-state index contributed by atoms with van der Waals surface area (Å²) in [5.41, 5.74) is 0.646. The van der Waals surface area contributed by atoms with E-state index < -0.39 is 4.92 Å². The molecule has 2 heterocycles. The van der Waals surface area contributed by atoms with E-state index in [1.165, 1.54) is 12.1 Å². The minimum Gasteiger partial charge on any atom is -0.404 e. The van der Waals surface area contributed by atoms with E-state index in [-0.39, 0.29) is 5.88 Å². The third-order valence-electron chi connectivity index (χ3n) is 2.05. The van der Waals surface area contributed by atoms with Gasteiger partial charge in [0.25, 0.3) is 0 Å². The lowest BCUT2D eigenvalue weighted by atomic mass is 10.4. The molecule has 0 saturated heterocycles. The molecule has 0 bridgehead atoms. The summed E-state index contributed by atoms with van der Waals surface area (Å²) in [4.78, 5) is 13.7. The predicted octanol–water partition coefficient (Wildman–Crippen LogP) is 2.85. The van der Waals surface area contributed by atoms with Crippen LogP contribution in [0.3, 0.4) is 0 Å². The molecule has 88 valence electrons. The maximum Gasteiger partial charge on any atom is 0.433 e.